The Morgan fingerprint density at radius 3 is 2.56 bits per heavy atom. The maximum Gasteiger partial charge on any atom is 0.289 e. The predicted molar refractivity (Wildman–Crippen MR) is 105 cm³/mol. The van der Waals surface area contributed by atoms with Gasteiger partial charge in [-0.05, 0) is 47.9 Å². The molecule has 0 saturated heterocycles. The largest absolute Gasteiger partial charge is 0.289 e. The van der Waals surface area contributed by atoms with E-state index in [1.165, 1.54) is 45.5 Å². The summed E-state index contributed by atoms with van der Waals surface area (Å²) in [6.45, 7) is 12.6. The molecule has 2 heteroatoms. The van der Waals surface area contributed by atoms with Crippen molar-refractivity contribution in [2.45, 2.75) is 58.9 Å². The van der Waals surface area contributed by atoms with Gasteiger partial charge in [-0.3, -0.25) is 0 Å². The maximum atomic E-state index is 2.55. The second kappa shape index (κ2) is 5.45. The number of imidazole rings is 1. The van der Waals surface area contributed by atoms with Crippen molar-refractivity contribution < 1.29 is 4.57 Å². The Morgan fingerprint density at radius 1 is 1.12 bits per heavy atom. The third-order valence-electron chi connectivity index (χ3n) is 6.07. The molecule has 2 nitrogen and oxygen atoms in total. The van der Waals surface area contributed by atoms with E-state index in [2.05, 4.69) is 87.2 Å². The molecule has 130 valence electrons. The van der Waals surface area contributed by atoms with Gasteiger partial charge in [-0.2, -0.15) is 0 Å². The molecule has 0 spiro atoms. The molecule has 0 radical (unpaired) electrons. The first-order valence-corrected chi connectivity index (χ1v) is 9.44. The Balaban J connectivity index is 2.02. The summed E-state index contributed by atoms with van der Waals surface area (Å²) in [5, 5.41) is 0. The van der Waals surface area contributed by atoms with Crippen LogP contribution >= 0.6 is 0 Å². The summed E-state index contributed by atoms with van der Waals surface area (Å²) < 4.78 is 4.94. The Labute approximate surface area is 151 Å². The first-order valence-electron chi connectivity index (χ1n) is 9.44. The van der Waals surface area contributed by atoms with E-state index in [4.69, 9.17) is 0 Å². The molecule has 0 amide bonds. The van der Waals surface area contributed by atoms with Crippen molar-refractivity contribution in [3.63, 3.8) is 0 Å². The lowest BCUT2D eigenvalue weighted by atomic mass is 9.79. The van der Waals surface area contributed by atoms with Crippen molar-refractivity contribution in [2.24, 2.45) is 7.05 Å². The summed E-state index contributed by atoms with van der Waals surface area (Å²) >= 11 is 0. The predicted octanol–water partition coefficient (Wildman–Crippen LogP) is 5.25. The zero-order valence-corrected chi connectivity index (χ0v) is 16.4. The van der Waals surface area contributed by atoms with Crippen molar-refractivity contribution in [3.8, 4) is 11.4 Å². The molecule has 0 saturated carbocycles. The zero-order valence-electron chi connectivity index (χ0n) is 16.4. The van der Waals surface area contributed by atoms with Gasteiger partial charge in [-0.15, -0.1) is 0 Å². The molecule has 0 N–H and O–H groups in total. The minimum absolute atomic E-state index is 0.245. The molecule has 0 atom stereocenters. The van der Waals surface area contributed by atoms with Gasteiger partial charge in [0.2, 0.25) is 0 Å². The number of rotatable bonds is 2. The zero-order chi connectivity index (χ0) is 17.9. The van der Waals surface area contributed by atoms with Gasteiger partial charge in [0.1, 0.15) is 0 Å². The van der Waals surface area contributed by atoms with Crippen LogP contribution in [0.15, 0.2) is 36.4 Å². The lowest BCUT2D eigenvalue weighted by molar-refractivity contribution is -0.665. The fraction of sp³-hybridized carbons (Fsp3) is 0.435. The monoisotopic (exact) mass is 333 g/mol. The van der Waals surface area contributed by atoms with Crippen LogP contribution in [0.5, 0.6) is 0 Å². The summed E-state index contributed by atoms with van der Waals surface area (Å²) in [7, 11) is 2.21. The molecule has 1 aromatic heterocycles. The average molecular weight is 333 g/mol. The second-order valence-corrected chi connectivity index (χ2v) is 8.57. The molecule has 3 aromatic rings. The number of aryl methyl sites for hydroxylation is 3. The fourth-order valence-corrected chi connectivity index (χ4v) is 4.40. The number of aromatic nitrogens is 2. The Kier molecular flexibility index (Phi) is 3.57. The van der Waals surface area contributed by atoms with E-state index in [-0.39, 0.29) is 5.41 Å². The van der Waals surface area contributed by atoms with Crippen LogP contribution in [0.2, 0.25) is 0 Å². The molecular formula is C23H29N2+. The van der Waals surface area contributed by atoms with Crippen molar-refractivity contribution >= 4 is 11.0 Å². The van der Waals surface area contributed by atoms with Crippen molar-refractivity contribution in [1.29, 1.82) is 0 Å². The molecule has 0 fully saturated rings. The maximum absolute atomic E-state index is 2.55. The van der Waals surface area contributed by atoms with E-state index >= 15 is 0 Å². The van der Waals surface area contributed by atoms with Gasteiger partial charge in [-0.1, -0.05) is 52.0 Å². The summed E-state index contributed by atoms with van der Waals surface area (Å²) in [6, 6.07) is 13.8. The van der Waals surface area contributed by atoms with Gasteiger partial charge in [0.15, 0.2) is 11.0 Å². The third kappa shape index (κ3) is 2.34. The highest BCUT2D eigenvalue weighted by Crippen LogP contribution is 2.37. The van der Waals surface area contributed by atoms with Crippen LogP contribution in [0.1, 0.15) is 56.7 Å². The molecule has 0 aliphatic carbocycles. The van der Waals surface area contributed by atoms with Gasteiger partial charge in [-0.25, -0.2) is 9.13 Å². The number of benzene rings is 2. The molecule has 1 aliphatic heterocycles. The average Bonchev–Trinajstić information content (AvgIpc) is 2.85. The van der Waals surface area contributed by atoms with Crippen LogP contribution in [-0.4, -0.2) is 4.57 Å². The van der Waals surface area contributed by atoms with Crippen LogP contribution in [-0.2, 0) is 19.0 Å². The lowest BCUT2D eigenvalue weighted by Gasteiger charge is -2.28. The minimum atomic E-state index is 0.245. The Morgan fingerprint density at radius 2 is 1.88 bits per heavy atom. The topological polar surface area (TPSA) is 8.81 Å². The van der Waals surface area contributed by atoms with Crippen LogP contribution in [0, 0.1) is 6.92 Å². The summed E-state index contributed by atoms with van der Waals surface area (Å²) in [4.78, 5) is 0. The van der Waals surface area contributed by atoms with Crippen LogP contribution < -0.4 is 4.57 Å². The van der Waals surface area contributed by atoms with Crippen LogP contribution in [0.3, 0.4) is 0 Å². The summed E-state index contributed by atoms with van der Waals surface area (Å²) in [6.07, 6.45) is 1.18. The van der Waals surface area contributed by atoms with Gasteiger partial charge in [0.05, 0.1) is 19.2 Å². The number of nitrogens with zero attached hydrogens (tertiary/aromatic N) is 2. The molecule has 0 bridgehead atoms. The van der Waals surface area contributed by atoms with E-state index in [0.717, 1.165) is 6.54 Å². The fourth-order valence-electron chi connectivity index (χ4n) is 4.40. The normalized spacial score (nSPS) is 16.0. The highest BCUT2D eigenvalue weighted by molar-refractivity contribution is 5.81. The Bertz CT molecular complexity index is 973. The van der Waals surface area contributed by atoms with E-state index < -0.39 is 0 Å². The third-order valence-corrected chi connectivity index (χ3v) is 6.07. The standard InChI is InChI=1S/C23H29N2/c1-15(2)17-10-11-18(16(3)14-17)22-24(6)20-9-7-8-19-21(20)25(22)13-12-23(19,4)5/h7-11,14-15H,12-13H2,1-6H3/q+1. The highest BCUT2D eigenvalue weighted by atomic mass is 15.2. The number of hydrogen-bond donors (Lipinski definition) is 0. The quantitative estimate of drug-likeness (QED) is 0.567. The lowest BCUT2D eigenvalue weighted by Crippen LogP contribution is -2.44. The number of hydrogen-bond acceptors (Lipinski definition) is 0. The van der Waals surface area contributed by atoms with E-state index in [9.17, 15) is 0 Å². The number of para-hydroxylation sites is 1. The van der Waals surface area contributed by atoms with Crippen molar-refractivity contribution in [1.82, 2.24) is 4.57 Å². The highest BCUT2D eigenvalue weighted by Gasteiger charge is 2.36. The van der Waals surface area contributed by atoms with Gasteiger partial charge in [0.25, 0.3) is 5.82 Å². The van der Waals surface area contributed by atoms with E-state index in [1.807, 2.05) is 0 Å². The van der Waals surface area contributed by atoms with E-state index in [0.29, 0.717) is 5.92 Å². The van der Waals surface area contributed by atoms with Gasteiger partial charge in [0, 0.05) is 5.56 Å². The molecule has 4 rings (SSSR count). The molecule has 25 heavy (non-hydrogen) atoms. The van der Waals surface area contributed by atoms with Crippen molar-refractivity contribution in [2.75, 3.05) is 0 Å². The van der Waals surface area contributed by atoms with E-state index in [1.54, 1.807) is 0 Å². The first kappa shape index (κ1) is 16.4. The van der Waals surface area contributed by atoms with Gasteiger partial charge < -0.3 is 0 Å². The van der Waals surface area contributed by atoms with Crippen molar-refractivity contribution in [3.05, 3.63) is 53.1 Å². The second-order valence-electron chi connectivity index (χ2n) is 8.57. The minimum Gasteiger partial charge on any atom is -0.226 e. The van der Waals surface area contributed by atoms with Gasteiger partial charge >= 0.3 is 0 Å². The Hall–Kier alpha value is -2.09. The summed E-state index contributed by atoms with van der Waals surface area (Å²) in [5.41, 5.74) is 8.63. The molecule has 2 aromatic carbocycles. The van der Waals surface area contributed by atoms with Crippen LogP contribution in [0.4, 0.5) is 0 Å². The molecule has 0 unspecified atom stereocenters. The SMILES string of the molecule is Cc1cc(C(C)C)ccc1-c1n(C)c2cccc3c2[n+]1CCC3(C)C. The smallest absolute Gasteiger partial charge is 0.226 e. The summed E-state index contributed by atoms with van der Waals surface area (Å²) in [5.74, 6) is 1.91. The molecule has 1 aliphatic rings. The molecular weight excluding hydrogens is 304 g/mol. The first-order chi connectivity index (χ1) is 11.8. The molecule has 2 heterocycles. The van der Waals surface area contributed by atoms with Crippen LogP contribution in [0.25, 0.3) is 22.4 Å².